The molecule has 10 heteroatoms. The number of fused-ring (bicyclic) bond motifs is 5. The lowest BCUT2D eigenvalue weighted by Crippen LogP contribution is -2.71. The third kappa shape index (κ3) is 3.50. The Hall–Kier alpha value is -2.20. The molecule has 0 amide bonds. The second kappa shape index (κ2) is 8.97. The van der Waals surface area contributed by atoms with Gasteiger partial charge in [0.25, 0.3) is 0 Å². The van der Waals surface area contributed by atoms with E-state index in [1.54, 1.807) is 20.8 Å². The summed E-state index contributed by atoms with van der Waals surface area (Å²) in [5.41, 5.74) is -6.50. The predicted molar refractivity (Wildman–Crippen MR) is 123 cm³/mol. The van der Waals surface area contributed by atoms with Crippen LogP contribution in [0.2, 0.25) is 0 Å². The molecule has 3 saturated carbocycles. The van der Waals surface area contributed by atoms with E-state index in [9.17, 15) is 24.3 Å². The van der Waals surface area contributed by atoms with Crippen LogP contribution in [0.4, 0.5) is 8.78 Å². The minimum atomic E-state index is -2.22. The van der Waals surface area contributed by atoms with Crippen LogP contribution >= 0.6 is 0 Å². The average Bonchev–Trinajstić information content (AvgIpc) is 2.97. The molecule has 0 aromatic rings. The van der Waals surface area contributed by atoms with Gasteiger partial charge in [-0.2, -0.15) is 0 Å². The minimum absolute atomic E-state index is 0. The Morgan fingerprint density at radius 1 is 1.14 bits per heavy atom. The summed E-state index contributed by atoms with van der Waals surface area (Å²) < 4.78 is 43.6. The molecule has 9 atom stereocenters. The molecular weight excluding hydrogens is 478 g/mol. The number of ketones is 2. The van der Waals surface area contributed by atoms with Crippen LogP contribution in [0.25, 0.3) is 0 Å². The number of esters is 2. The molecule has 0 unspecified atom stereocenters. The lowest BCUT2D eigenvalue weighted by Gasteiger charge is -2.64. The van der Waals surface area contributed by atoms with E-state index in [4.69, 9.17) is 9.47 Å². The SMILES string of the molecule is CC(=O)OCC(=O)[C@@]1(OC(C)=O)[C@@H](C)C[C@H]2[C@@H]3C[C@H](F)C4=CC(=O)CC[C@]4(C)[C@@]3(F)[C@@H](O)C[C@@]21C.O. The highest BCUT2D eigenvalue weighted by Crippen LogP contribution is 2.72. The van der Waals surface area contributed by atoms with E-state index in [0.717, 1.165) is 6.92 Å². The molecule has 4 rings (SSSR count). The van der Waals surface area contributed by atoms with E-state index in [1.165, 1.54) is 13.0 Å². The van der Waals surface area contributed by atoms with Gasteiger partial charge in [0.15, 0.2) is 18.0 Å². The highest BCUT2D eigenvalue weighted by Gasteiger charge is 2.78. The molecule has 8 nitrogen and oxygen atoms in total. The van der Waals surface area contributed by atoms with Gasteiger partial charge in [0.05, 0.1) is 6.10 Å². The van der Waals surface area contributed by atoms with Gasteiger partial charge in [-0.1, -0.05) is 20.8 Å². The summed E-state index contributed by atoms with van der Waals surface area (Å²) in [4.78, 5) is 49.3. The first-order valence-electron chi connectivity index (χ1n) is 12.3. The zero-order valence-electron chi connectivity index (χ0n) is 21.4. The number of aliphatic hydroxyl groups is 1. The standard InChI is InChI=1S/C26H34F2O7.H2O/c1-13-8-17-18-10-20(27)19-9-16(31)6-7-23(19,4)25(18,28)21(32)11-24(17,5)26(13,35-15(3)30)22(33)12-34-14(2)29;/h9,13,17-18,20-21,32H,6-8,10-12H2,1-5H3;1H2/t13-,17-,18-,20-,21-,23-,24-,25-,26-;/m0./s1. The zero-order chi connectivity index (χ0) is 26.1. The van der Waals surface area contributed by atoms with Gasteiger partial charge in [-0.25, -0.2) is 8.78 Å². The van der Waals surface area contributed by atoms with Gasteiger partial charge in [0.1, 0.15) is 11.8 Å². The first-order valence-corrected chi connectivity index (χ1v) is 12.3. The fourth-order valence-corrected chi connectivity index (χ4v) is 8.25. The number of carbonyl (C=O) groups excluding carboxylic acids is 4. The molecule has 4 aliphatic rings. The van der Waals surface area contributed by atoms with Crippen molar-refractivity contribution in [3.05, 3.63) is 11.6 Å². The highest BCUT2D eigenvalue weighted by molar-refractivity contribution is 5.94. The van der Waals surface area contributed by atoms with Gasteiger partial charge in [-0.15, -0.1) is 0 Å². The second-order valence-electron chi connectivity index (χ2n) is 11.4. The third-order valence-electron chi connectivity index (χ3n) is 9.69. The number of allylic oxidation sites excluding steroid dienone is 1. The van der Waals surface area contributed by atoms with Crippen LogP contribution < -0.4 is 0 Å². The fourth-order valence-electron chi connectivity index (χ4n) is 8.25. The summed E-state index contributed by atoms with van der Waals surface area (Å²) in [6, 6.07) is 0. The highest BCUT2D eigenvalue weighted by atomic mass is 19.1. The second-order valence-corrected chi connectivity index (χ2v) is 11.4. The first kappa shape index (κ1) is 28.4. The lowest BCUT2D eigenvalue weighted by atomic mass is 9.43. The van der Waals surface area contributed by atoms with E-state index in [-0.39, 0.29) is 48.9 Å². The maximum atomic E-state index is 17.3. The van der Waals surface area contributed by atoms with Crippen molar-refractivity contribution >= 4 is 23.5 Å². The molecule has 0 bridgehead atoms. The third-order valence-corrected chi connectivity index (χ3v) is 9.69. The van der Waals surface area contributed by atoms with Crippen LogP contribution in [0.15, 0.2) is 11.6 Å². The van der Waals surface area contributed by atoms with Crippen molar-refractivity contribution in [1.29, 1.82) is 0 Å². The summed E-state index contributed by atoms with van der Waals surface area (Å²) in [7, 11) is 0. The summed E-state index contributed by atoms with van der Waals surface area (Å²) in [5, 5.41) is 11.4. The van der Waals surface area contributed by atoms with E-state index >= 15 is 8.78 Å². The summed E-state index contributed by atoms with van der Waals surface area (Å²) in [6.07, 6.45) is -2.00. The van der Waals surface area contributed by atoms with E-state index in [1.807, 2.05) is 0 Å². The molecule has 0 aliphatic heterocycles. The number of halogens is 2. The van der Waals surface area contributed by atoms with Crippen LogP contribution in [0, 0.1) is 28.6 Å². The molecule has 0 heterocycles. The smallest absolute Gasteiger partial charge is 0.303 e. The van der Waals surface area contributed by atoms with Gasteiger partial charge in [0.2, 0.25) is 5.78 Å². The number of Topliss-reactive ketones (excluding diaryl/α,β-unsaturated/α-hetero) is 1. The van der Waals surface area contributed by atoms with Crippen molar-refractivity contribution in [2.45, 2.75) is 90.3 Å². The normalized spacial score (nSPS) is 45.3. The van der Waals surface area contributed by atoms with Crippen LogP contribution in [-0.4, -0.2) is 64.2 Å². The fraction of sp³-hybridized carbons (Fsp3) is 0.769. The van der Waals surface area contributed by atoms with E-state index < -0.39 is 76.5 Å². The molecule has 0 aromatic heterocycles. The zero-order valence-corrected chi connectivity index (χ0v) is 21.4. The number of carbonyl (C=O) groups is 4. The van der Waals surface area contributed by atoms with E-state index in [2.05, 4.69) is 0 Å². The van der Waals surface area contributed by atoms with Crippen molar-refractivity contribution in [2.24, 2.45) is 28.6 Å². The molecule has 36 heavy (non-hydrogen) atoms. The van der Waals surface area contributed by atoms with Gasteiger partial charge < -0.3 is 20.1 Å². The number of hydrogen-bond donors (Lipinski definition) is 1. The van der Waals surface area contributed by atoms with Crippen molar-refractivity contribution in [3.63, 3.8) is 0 Å². The van der Waals surface area contributed by atoms with Gasteiger partial charge in [-0.05, 0) is 43.3 Å². The largest absolute Gasteiger partial charge is 0.458 e. The quantitative estimate of drug-likeness (QED) is 0.569. The predicted octanol–water partition coefficient (Wildman–Crippen LogP) is 2.38. The Morgan fingerprint density at radius 2 is 1.78 bits per heavy atom. The van der Waals surface area contributed by atoms with E-state index in [0.29, 0.717) is 0 Å². The number of alkyl halides is 2. The van der Waals surface area contributed by atoms with Crippen molar-refractivity contribution in [1.82, 2.24) is 0 Å². The molecule has 4 aliphatic carbocycles. The molecule has 0 aromatic carbocycles. The molecule has 202 valence electrons. The van der Waals surface area contributed by atoms with Crippen molar-refractivity contribution < 1.29 is 48.0 Å². The average molecular weight is 515 g/mol. The number of ether oxygens (including phenoxy) is 2. The topological polar surface area (TPSA) is 138 Å². The van der Waals surface area contributed by atoms with Gasteiger partial charge in [0, 0.05) is 42.9 Å². The maximum Gasteiger partial charge on any atom is 0.303 e. The van der Waals surface area contributed by atoms with Crippen LogP contribution in [0.5, 0.6) is 0 Å². The molecular formula is C26H36F2O8. The number of hydrogen-bond acceptors (Lipinski definition) is 7. The Labute approximate surface area is 209 Å². The molecule has 3 fully saturated rings. The van der Waals surface area contributed by atoms with Gasteiger partial charge in [-0.3, -0.25) is 19.2 Å². The van der Waals surface area contributed by atoms with Crippen LogP contribution in [0.1, 0.15) is 66.7 Å². The Bertz CT molecular complexity index is 1010. The summed E-state index contributed by atoms with van der Waals surface area (Å²) in [5.74, 6) is -4.45. The Morgan fingerprint density at radius 3 is 2.36 bits per heavy atom. The van der Waals surface area contributed by atoms with Crippen LogP contribution in [-0.2, 0) is 28.7 Å². The monoisotopic (exact) mass is 514 g/mol. The first-order chi connectivity index (χ1) is 16.1. The van der Waals surface area contributed by atoms with Crippen LogP contribution in [0.3, 0.4) is 0 Å². The molecule has 0 radical (unpaired) electrons. The minimum Gasteiger partial charge on any atom is -0.458 e. The molecule has 0 spiro atoms. The summed E-state index contributed by atoms with van der Waals surface area (Å²) >= 11 is 0. The molecule has 3 N–H and O–H groups in total. The lowest BCUT2D eigenvalue weighted by molar-refractivity contribution is -0.238. The Balaban J connectivity index is 0.00000361. The Kier molecular flexibility index (Phi) is 7.07. The van der Waals surface area contributed by atoms with Gasteiger partial charge >= 0.3 is 11.9 Å². The van der Waals surface area contributed by atoms with Crippen molar-refractivity contribution in [2.75, 3.05) is 6.61 Å². The molecule has 0 saturated heterocycles. The number of rotatable bonds is 4. The van der Waals surface area contributed by atoms with Crippen molar-refractivity contribution in [3.8, 4) is 0 Å². The number of aliphatic hydroxyl groups excluding tert-OH is 1. The summed E-state index contributed by atoms with van der Waals surface area (Å²) in [6.45, 7) is 6.67. The maximum absolute atomic E-state index is 17.3.